The maximum atomic E-state index is 12.3. The molecule has 2 aromatic carbocycles. The summed E-state index contributed by atoms with van der Waals surface area (Å²) in [4.78, 5) is 28.1. The number of hydrogen-bond donors (Lipinski definition) is 1. The van der Waals surface area contributed by atoms with Crippen LogP contribution in [0.5, 0.6) is 0 Å². The number of thiazole rings is 1. The average Bonchev–Trinajstić information content (AvgIpc) is 3.39. The second-order valence-corrected chi connectivity index (χ2v) is 7.37. The van der Waals surface area contributed by atoms with Crippen molar-refractivity contribution in [2.24, 2.45) is 0 Å². The summed E-state index contributed by atoms with van der Waals surface area (Å²) in [5.74, 6) is -0.244. The molecule has 0 fully saturated rings. The van der Waals surface area contributed by atoms with Gasteiger partial charge in [-0.1, -0.05) is 35.1 Å². The molecule has 0 aliphatic heterocycles. The van der Waals surface area contributed by atoms with Gasteiger partial charge in [0.25, 0.3) is 11.6 Å². The number of nitrogens with one attached hydrogen (secondary N) is 1. The Morgan fingerprint density at radius 3 is 2.38 bits per heavy atom. The molecule has 0 spiro atoms. The number of rotatable bonds is 5. The van der Waals surface area contributed by atoms with Crippen LogP contribution in [0.25, 0.3) is 21.7 Å². The van der Waals surface area contributed by atoms with Crippen molar-refractivity contribution in [3.8, 4) is 21.7 Å². The Kier molecular flexibility index (Phi) is 5.11. The Balaban J connectivity index is 1.75. The normalized spacial score (nSPS) is 10.7. The fourth-order valence-electron chi connectivity index (χ4n) is 2.67. The van der Waals surface area contributed by atoms with Crippen LogP contribution >= 0.6 is 22.9 Å². The highest BCUT2D eigenvalue weighted by Crippen LogP contribution is 2.39. The van der Waals surface area contributed by atoms with Crippen molar-refractivity contribution in [1.29, 1.82) is 0 Å². The Morgan fingerprint density at radius 1 is 1.07 bits per heavy atom. The molecule has 1 N–H and O–H groups in total. The van der Waals surface area contributed by atoms with Crippen molar-refractivity contribution in [1.82, 2.24) is 4.98 Å². The van der Waals surface area contributed by atoms with Crippen LogP contribution in [0.2, 0.25) is 5.02 Å². The molecule has 0 bridgehead atoms. The highest BCUT2D eigenvalue weighted by Gasteiger charge is 2.18. The monoisotopic (exact) mass is 425 g/mol. The minimum absolute atomic E-state index is 0.0108. The largest absolute Gasteiger partial charge is 0.459 e. The number of benzene rings is 2. The Labute approximate surface area is 173 Å². The summed E-state index contributed by atoms with van der Waals surface area (Å²) in [6.45, 7) is 0. The maximum Gasteiger partial charge on any atom is 0.293 e. The van der Waals surface area contributed by atoms with Gasteiger partial charge in [-0.25, -0.2) is 4.98 Å². The maximum absolute atomic E-state index is 12.3. The molecule has 144 valence electrons. The number of nitro benzene ring substituents is 1. The summed E-state index contributed by atoms with van der Waals surface area (Å²) < 4.78 is 5.11. The van der Waals surface area contributed by atoms with E-state index < -0.39 is 10.8 Å². The molecule has 7 nitrogen and oxygen atoms in total. The van der Waals surface area contributed by atoms with Crippen LogP contribution in [-0.4, -0.2) is 15.8 Å². The number of anilines is 1. The van der Waals surface area contributed by atoms with Crippen LogP contribution in [0.15, 0.2) is 71.3 Å². The fraction of sp³-hybridized carbons (Fsp3) is 0. The lowest BCUT2D eigenvalue weighted by atomic mass is 10.1. The summed E-state index contributed by atoms with van der Waals surface area (Å²) in [6, 6.07) is 16.5. The van der Waals surface area contributed by atoms with Gasteiger partial charge in [-0.3, -0.25) is 20.2 Å². The van der Waals surface area contributed by atoms with Gasteiger partial charge in [-0.2, -0.15) is 0 Å². The molecule has 0 aliphatic carbocycles. The van der Waals surface area contributed by atoms with E-state index in [1.54, 1.807) is 36.4 Å². The number of hydrogen-bond acceptors (Lipinski definition) is 6. The summed E-state index contributed by atoms with van der Waals surface area (Å²) >= 11 is 7.28. The summed E-state index contributed by atoms with van der Waals surface area (Å²) in [6.07, 6.45) is 1.41. The smallest absolute Gasteiger partial charge is 0.293 e. The third-order valence-corrected chi connectivity index (χ3v) is 5.32. The number of carbonyl (C=O) groups is 1. The van der Waals surface area contributed by atoms with E-state index in [0.29, 0.717) is 21.4 Å². The zero-order valence-electron chi connectivity index (χ0n) is 14.7. The van der Waals surface area contributed by atoms with Crippen LogP contribution in [-0.2, 0) is 0 Å². The van der Waals surface area contributed by atoms with Crippen molar-refractivity contribution < 1.29 is 14.1 Å². The van der Waals surface area contributed by atoms with E-state index in [1.165, 1.54) is 29.7 Å². The van der Waals surface area contributed by atoms with Crippen LogP contribution in [0.1, 0.15) is 10.6 Å². The summed E-state index contributed by atoms with van der Waals surface area (Å²) in [5.41, 5.74) is 2.14. The summed E-state index contributed by atoms with van der Waals surface area (Å²) in [5, 5.41) is 14.6. The van der Waals surface area contributed by atoms with Crippen molar-refractivity contribution >= 4 is 39.7 Å². The first-order valence-electron chi connectivity index (χ1n) is 8.38. The molecule has 0 aliphatic rings. The Hall–Kier alpha value is -3.49. The highest BCUT2D eigenvalue weighted by atomic mass is 35.5. The van der Waals surface area contributed by atoms with Crippen LogP contribution < -0.4 is 5.32 Å². The molecule has 2 aromatic heterocycles. The molecular weight excluding hydrogens is 414 g/mol. The lowest BCUT2D eigenvalue weighted by Gasteiger charge is -2.03. The SMILES string of the molecule is O=C(Nc1nc(-c2ccc([N+](=O)[O-])cc2)c(-c2ccc(Cl)cc2)s1)c1ccco1. The lowest BCUT2D eigenvalue weighted by molar-refractivity contribution is -0.384. The zero-order valence-corrected chi connectivity index (χ0v) is 16.2. The first-order chi connectivity index (χ1) is 14.0. The van der Waals surface area contributed by atoms with Crippen molar-refractivity contribution in [2.75, 3.05) is 5.32 Å². The highest BCUT2D eigenvalue weighted by molar-refractivity contribution is 7.19. The van der Waals surface area contributed by atoms with E-state index in [2.05, 4.69) is 10.3 Å². The average molecular weight is 426 g/mol. The third kappa shape index (κ3) is 4.03. The molecule has 0 unspecified atom stereocenters. The number of halogens is 1. The van der Waals surface area contributed by atoms with Crippen LogP contribution in [0.4, 0.5) is 10.8 Å². The predicted octanol–water partition coefficient (Wildman–Crippen LogP) is 5.88. The van der Waals surface area contributed by atoms with Gasteiger partial charge in [-0.15, -0.1) is 0 Å². The second kappa shape index (κ2) is 7.86. The van der Waals surface area contributed by atoms with Crippen molar-refractivity contribution in [2.45, 2.75) is 0 Å². The number of carbonyl (C=O) groups excluding carboxylic acids is 1. The van der Waals surface area contributed by atoms with Crippen molar-refractivity contribution in [3.05, 3.63) is 87.8 Å². The number of nitrogens with zero attached hydrogens (tertiary/aromatic N) is 2. The minimum Gasteiger partial charge on any atom is -0.459 e. The van der Waals surface area contributed by atoms with E-state index >= 15 is 0 Å². The minimum atomic E-state index is -0.458. The molecule has 4 rings (SSSR count). The number of aromatic nitrogens is 1. The van der Waals surface area contributed by atoms with E-state index in [1.807, 2.05) is 12.1 Å². The molecule has 29 heavy (non-hydrogen) atoms. The van der Waals surface area contributed by atoms with Gasteiger partial charge in [0.1, 0.15) is 0 Å². The van der Waals surface area contributed by atoms with Gasteiger partial charge >= 0.3 is 0 Å². The molecule has 2 heterocycles. The molecular formula is C20H12ClN3O4S. The van der Waals surface area contributed by atoms with Gasteiger partial charge in [0.05, 0.1) is 21.8 Å². The van der Waals surface area contributed by atoms with Gasteiger partial charge in [0.2, 0.25) is 0 Å². The topological polar surface area (TPSA) is 98.3 Å². The van der Waals surface area contributed by atoms with Gasteiger partial charge in [0, 0.05) is 22.7 Å². The third-order valence-electron chi connectivity index (χ3n) is 4.05. The molecule has 4 aromatic rings. The number of nitro groups is 1. The van der Waals surface area contributed by atoms with E-state index in [-0.39, 0.29) is 11.4 Å². The molecule has 0 radical (unpaired) electrons. The van der Waals surface area contributed by atoms with Gasteiger partial charge in [0.15, 0.2) is 10.9 Å². The van der Waals surface area contributed by atoms with Crippen molar-refractivity contribution in [3.63, 3.8) is 0 Å². The Morgan fingerprint density at radius 2 is 1.76 bits per heavy atom. The summed E-state index contributed by atoms with van der Waals surface area (Å²) in [7, 11) is 0. The Bertz CT molecular complexity index is 1170. The predicted molar refractivity (Wildman–Crippen MR) is 111 cm³/mol. The first kappa shape index (κ1) is 18.9. The standard InChI is InChI=1S/C20H12ClN3O4S/c21-14-7-3-13(4-8-14)18-17(12-5-9-15(10-6-12)24(26)27)22-20(29-18)23-19(25)16-2-1-11-28-16/h1-11H,(H,22,23,25). The molecule has 9 heteroatoms. The molecule has 0 saturated heterocycles. The number of furan rings is 1. The first-order valence-corrected chi connectivity index (χ1v) is 9.57. The fourth-order valence-corrected chi connectivity index (χ4v) is 3.79. The zero-order chi connectivity index (χ0) is 20.4. The van der Waals surface area contributed by atoms with E-state index in [9.17, 15) is 14.9 Å². The quantitative estimate of drug-likeness (QED) is 0.318. The van der Waals surface area contributed by atoms with E-state index in [0.717, 1.165) is 10.4 Å². The molecule has 0 saturated carbocycles. The lowest BCUT2D eigenvalue weighted by Crippen LogP contribution is -2.10. The molecule has 0 atom stereocenters. The van der Waals surface area contributed by atoms with E-state index in [4.69, 9.17) is 16.0 Å². The van der Waals surface area contributed by atoms with Gasteiger partial charge < -0.3 is 4.42 Å². The van der Waals surface area contributed by atoms with Crippen LogP contribution in [0.3, 0.4) is 0 Å². The second-order valence-electron chi connectivity index (χ2n) is 5.94. The van der Waals surface area contributed by atoms with Gasteiger partial charge in [-0.05, 0) is 42.0 Å². The number of amides is 1. The molecule has 1 amide bonds. The number of non-ortho nitro benzene ring substituents is 1. The van der Waals surface area contributed by atoms with Crippen LogP contribution in [0, 0.1) is 10.1 Å².